The van der Waals surface area contributed by atoms with Crippen molar-refractivity contribution in [1.29, 1.82) is 0 Å². The van der Waals surface area contributed by atoms with E-state index in [1.807, 2.05) is 9.80 Å². The first-order valence-electron chi connectivity index (χ1n) is 15.1. The van der Waals surface area contributed by atoms with Gasteiger partial charge in [-0.1, -0.05) is 40.9 Å². The number of thiazole rings is 2. The average molecular weight is 787 g/mol. The fourth-order valence-electron chi connectivity index (χ4n) is 5.17. The van der Waals surface area contributed by atoms with Gasteiger partial charge in [-0.05, 0) is 36.8 Å². The van der Waals surface area contributed by atoms with Crippen molar-refractivity contribution < 1.29 is 45.6 Å². The topological polar surface area (TPSA) is 206 Å². The molecule has 4 heterocycles. The van der Waals surface area contributed by atoms with Gasteiger partial charge in [0.1, 0.15) is 26.3 Å². The van der Waals surface area contributed by atoms with Crippen LogP contribution in [0.2, 0.25) is 0 Å². The maximum absolute atomic E-state index is 13.8. The second-order valence-electron chi connectivity index (χ2n) is 11.0. The number of sulfonamides is 2. The van der Waals surface area contributed by atoms with Crippen LogP contribution in [0.25, 0.3) is 0 Å². The van der Waals surface area contributed by atoms with E-state index in [2.05, 4.69) is 9.97 Å². The van der Waals surface area contributed by atoms with Crippen molar-refractivity contribution in [2.75, 3.05) is 62.2 Å². The lowest BCUT2D eigenvalue weighted by Gasteiger charge is -2.34. The molecule has 2 amide bonds. The minimum absolute atomic E-state index is 0.0258. The van der Waals surface area contributed by atoms with Gasteiger partial charge < -0.3 is 9.80 Å². The summed E-state index contributed by atoms with van der Waals surface area (Å²) in [6, 6.07) is 9.00. The largest absolute Gasteiger partial charge is 0.345 e. The number of carbonyl (C=O) groups excluding carboxylic acids is 2. The third-order valence-corrected chi connectivity index (χ3v) is 14.0. The summed E-state index contributed by atoms with van der Waals surface area (Å²) < 4.78 is 80.5. The normalized spacial score (nSPS) is 15.9. The Morgan fingerprint density at radius 2 is 1.16 bits per heavy atom. The summed E-state index contributed by atoms with van der Waals surface area (Å²) in [4.78, 5) is 34.8. The molecule has 274 valence electrons. The van der Waals surface area contributed by atoms with Crippen LogP contribution in [0.5, 0.6) is 0 Å². The predicted octanol–water partition coefficient (Wildman–Crippen LogP) is 2.13. The smallest absolute Gasteiger partial charge is 0.286 e. The Morgan fingerprint density at radius 3 is 1.61 bits per heavy atom. The Kier molecular flexibility index (Phi) is 12.0. The SMILES string of the molecule is Cc1ccc(F)cc1S(=O)(=O)N1CCN(c2ncc(C(=O)NO)s2)CC1.O=C(NO)c1cnc(N2CCN(S(=O)(=O)c3ccccc3F)CC2)s1. The monoisotopic (exact) mass is 786 g/mol. The van der Waals surface area contributed by atoms with Crippen LogP contribution < -0.4 is 20.8 Å². The lowest BCUT2D eigenvalue weighted by molar-refractivity contribution is 0.0706. The molecule has 2 aromatic carbocycles. The molecule has 2 aliphatic heterocycles. The lowest BCUT2D eigenvalue weighted by atomic mass is 10.2. The number of nitrogens with one attached hydrogen (secondary N) is 2. The number of rotatable bonds is 8. The van der Waals surface area contributed by atoms with Gasteiger partial charge in [0.15, 0.2) is 10.3 Å². The molecule has 4 aromatic rings. The summed E-state index contributed by atoms with van der Waals surface area (Å²) in [5.41, 5.74) is 3.58. The zero-order chi connectivity index (χ0) is 36.9. The molecule has 51 heavy (non-hydrogen) atoms. The number of hydrogen-bond acceptors (Lipinski definition) is 14. The van der Waals surface area contributed by atoms with E-state index in [1.165, 1.54) is 56.8 Å². The summed E-state index contributed by atoms with van der Waals surface area (Å²) in [5, 5.41) is 18.4. The number of aryl methyl sites for hydroxylation is 1. The molecule has 0 bridgehead atoms. The highest BCUT2D eigenvalue weighted by Gasteiger charge is 2.32. The van der Waals surface area contributed by atoms with Gasteiger partial charge in [-0.15, -0.1) is 0 Å². The van der Waals surface area contributed by atoms with Crippen LogP contribution in [-0.4, -0.2) is 110 Å². The summed E-state index contributed by atoms with van der Waals surface area (Å²) in [7, 11) is -7.67. The molecule has 0 aliphatic carbocycles. The fraction of sp³-hybridized carbons (Fsp3) is 0.310. The molecule has 2 aliphatic rings. The van der Waals surface area contributed by atoms with Crippen LogP contribution in [0, 0.1) is 18.6 Å². The molecule has 2 aromatic heterocycles. The number of hydroxylamine groups is 2. The van der Waals surface area contributed by atoms with Crippen molar-refractivity contribution >= 4 is 64.8 Å². The summed E-state index contributed by atoms with van der Waals surface area (Å²) in [6.45, 7) is 3.94. The molecule has 22 heteroatoms. The Hall–Kier alpha value is -4.16. The third kappa shape index (κ3) is 8.49. The van der Waals surface area contributed by atoms with Crippen LogP contribution >= 0.6 is 22.7 Å². The Labute approximate surface area is 299 Å². The number of benzene rings is 2. The number of nitrogens with zero attached hydrogens (tertiary/aromatic N) is 6. The predicted molar refractivity (Wildman–Crippen MR) is 182 cm³/mol. The van der Waals surface area contributed by atoms with Crippen molar-refractivity contribution in [2.24, 2.45) is 0 Å². The summed E-state index contributed by atoms with van der Waals surface area (Å²) in [5.74, 6) is -2.66. The molecule has 0 radical (unpaired) electrons. The van der Waals surface area contributed by atoms with E-state index in [0.29, 0.717) is 42.0 Å². The lowest BCUT2D eigenvalue weighted by Crippen LogP contribution is -2.48. The molecule has 0 saturated carbocycles. The first-order valence-corrected chi connectivity index (χ1v) is 19.6. The van der Waals surface area contributed by atoms with Crippen LogP contribution in [0.15, 0.2) is 64.6 Å². The molecular formula is C29H32F2N8O8S4. The maximum atomic E-state index is 13.8. The number of amides is 2. The van der Waals surface area contributed by atoms with Crippen molar-refractivity contribution in [2.45, 2.75) is 16.7 Å². The van der Waals surface area contributed by atoms with Gasteiger partial charge in [0.25, 0.3) is 11.8 Å². The summed E-state index contributed by atoms with van der Waals surface area (Å²) >= 11 is 2.20. The second-order valence-corrected chi connectivity index (χ2v) is 16.8. The Balaban J connectivity index is 0.000000198. The highest BCUT2D eigenvalue weighted by Crippen LogP contribution is 2.28. The summed E-state index contributed by atoms with van der Waals surface area (Å²) in [6.07, 6.45) is 2.69. The first kappa shape index (κ1) is 38.1. The molecule has 0 atom stereocenters. The van der Waals surface area contributed by atoms with Crippen LogP contribution in [0.4, 0.5) is 19.0 Å². The number of aromatic nitrogens is 2. The minimum atomic E-state index is -3.89. The van der Waals surface area contributed by atoms with E-state index in [9.17, 15) is 35.2 Å². The van der Waals surface area contributed by atoms with E-state index in [0.717, 1.165) is 34.8 Å². The molecule has 16 nitrogen and oxygen atoms in total. The molecule has 0 spiro atoms. The number of piperazine rings is 2. The van der Waals surface area contributed by atoms with Crippen LogP contribution in [0.3, 0.4) is 0 Å². The van der Waals surface area contributed by atoms with Gasteiger partial charge in [0, 0.05) is 52.4 Å². The zero-order valence-corrected chi connectivity index (χ0v) is 30.0. The zero-order valence-electron chi connectivity index (χ0n) is 26.8. The van der Waals surface area contributed by atoms with E-state index < -0.39 is 43.5 Å². The van der Waals surface area contributed by atoms with Crippen molar-refractivity contribution in [3.8, 4) is 0 Å². The minimum Gasteiger partial charge on any atom is -0.345 e. The maximum Gasteiger partial charge on any atom is 0.286 e. The fourth-order valence-corrected chi connectivity index (χ4v) is 10.0. The molecule has 0 unspecified atom stereocenters. The van der Waals surface area contributed by atoms with Gasteiger partial charge in [-0.25, -0.2) is 46.5 Å². The molecule has 2 fully saturated rings. The Morgan fingerprint density at radius 1 is 0.706 bits per heavy atom. The molecule has 2 saturated heterocycles. The second kappa shape index (κ2) is 16.0. The van der Waals surface area contributed by atoms with E-state index in [-0.39, 0.29) is 45.7 Å². The van der Waals surface area contributed by atoms with Crippen LogP contribution in [-0.2, 0) is 20.0 Å². The van der Waals surface area contributed by atoms with Crippen molar-refractivity contribution in [3.63, 3.8) is 0 Å². The van der Waals surface area contributed by atoms with Gasteiger partial charge in [-0.3, -0.25) is 20.0 Å². The Bertz CT molecular complexity index is 2100. The number of halogens is 2. The molecule has 6 rings (SSSR count). The van der Waals surface area contributed by atoms with Gasteiger partial charge in [0.05, 0.1) is 17.3 Å². The highest BCUT2D eigenvalue weighted by molar-refractivity contribution is 7.89. The van der Waals surface area contributed by atoms with Gasteiger partial charge >= 0.3 is 0 Å². The van der Waals surface area contributed by atoms with Gasteiger partial charge in [-0.2, -0.15) is 8.61 Å². The number of hydrogen-bond donors (Lipinski definition) is 4. The van der Waals surface area contributed by atoms with Crippen molar-refractivity contribution in [3.05, 3.63) is 81.8 Å². The standard InChI is InChI=1S/C15H17FN4O4S2.C14H15FN4O4S2/c1-10-2-3-11(16)8-13(10)26(23,24)20-6-4-19(5-7-20)15-17-9-12(25-15)14(21)18-22;15-10-3-1-2-4-12(10)25(22,23)19-7-5-18(6-8-19)14-16-9-11(24-14)13(20)17-21/h2-3,8-9,22H,4-7H2,1H3,(H,18,21);1-4,9,21H,5-8H2,(H,17,20). The molecular weight excluding hydrogens is 755 g/mol. The average Bonchev–Trinajstić information content (AvgIpc) is 3.84. The highest BCUT2D eigenvalue weighted by atomic mass is 32.2. The van der Waals surface area contributed by atoms with E-state index in [4.69, 9.17) is 10.4 Å². The molecule has 4 N–H and O–H groups in total. The quantitative estimate of drug-likeness (QED) is 0.150. The van der Waals surface area contributed by atoms with E-state index >= 15 is 0 Å². The first-order chi connectivity index (χ1) is 24.3. The van der Waals surface area contributed by atoms with E-state index in [1.54, 1.807) is 12.4 Å². The number of carbonyl (C=O) groups is 2. The number of anilines is 2. The third-order valence-electron chi connectivity index (χ3n) is 7.88. The van der Waals surface area contributed by atoms with Crippen molar-refractivity contribution in [1.82, 2.24) is 29.5 Å². The van der Waals surface area contributed by atoms with Crippen LogP contribution in [0.1, 0.15) is 24.9 Å². The van der Waals surface area contributed by atoms with Gasteiger partial charge in [0.2, 0.25) is 20.0 Å².